The average Bonchev–Trinajstić information content (AvgIpc) is 3.45. The van der Waals surface area contributed by atoms with Crippen molar-refractivity contribution >= 4 is 10.8 Å². The molecule has 24 heavy (non-hydrogen) atoms. The molecule has 2 aromatic heterocycles. The molecule has 0 atom stereocenters. The summed E-state index contributed by atoms with van der Waals surface area (Å²) in [6.07, 6.45) is 6.01. The maximum atomic E-state index is 11.9. The Kier molecular flexibility index (Phi) is 3.74. The standard InChI is InChI=1S/C18H18N4O2/c19-7-17-16-6-12(3-4-15(16)18(23)22-21-17)13-5-14(9-20-8-13)24-10-11-1-2-11/h3-6,8-9,11H,1-2,7,10,19H2,(H,22,23). The Morgan fingerprint density at radius 2 is 2.04 bits per heavy atom. The summed E-state index contributed by atoms with van der Waals surface area (Å²) in [7, 11) is 0. The molecule has 0 aliphatic heterocycles. The van der Waals surface area contributed by atoms with Crippen molar-refractivity contribution in [1.29, 1.82) is 0 Å². The number of hydrogen-bond donors (Lipinski definition) is 2. The fourth-order valence-corrected chi connectivity index (χ4v) is 2.71. The van der Waals surface area contributed by atoms with Gasteiger partial charge in [0.25, 0.3) is 5.56 Å². The van der Waals surface area contributed by atoms with Crippen LogP contribution in [0.2, 0.25) is 0 Å². The van der Waals surface area contributed by atoms with E-state index in [-0.39, 0.29) is 12.1 Å². The summed E-state index contributed by atoms with van der Waals surface area (Å²) in [4.78, 5) is 16.2. The maximum Gasteiger partial charge on any atom is 0.272 e. The van der Waals surface area contributed by atoms with Gasteiger partial charge in [0.05, 0.1) is 23.9 Å². The number of fused-ring (bicyclic) bond motifs is 1. The van der Waals surface area contributed by atoms with Gasteiger partial charge in [-0.1, -0.05) is 6.07 Å². The first kappa shape index (κ1) is 14.8. The average molecular weight is 322 g/mol. The van der Waals surface area contributed by atoms with Crippen molar-refractivity contribution in [2.75, 3.05) is 6.61 Å². The maximum absolute atomic E-state index is 11.9. The lowest BCUT2D eigenvalue weighted by Gasteiger charge is -2.09. The van der Waals surface area contributed by atoms with Gasteiger partial charge in [0, 0.05) is 23.7 Å². The van der Waals surface area contributed by atoms with Crippen molar-refractivity contribution in [2.24, 2.45) is 11.7 Å². The van der Waals surface area contributed by atoms with Gasteiger partial charge in [-0.2, -0.15) is 5.10 Å². The van der Waals surface area contributed by atoms with Crippen molar-refractivity contribution in [3.63, 3.8) is 0 Å². The van der Waals surface area contributed by atoms with Crippen molar-refractivity contribution in [3.8, 4) is 16.9 Å². The van der Waals surface area contributed by atoms with E-state index in [2.05, 4.69) is 15.2 Å². The van der Waals surface area contributed by atoms with E-state index < -0.39 is 0 Å². The Labute approximate surface area is 138 Å². The molecule has 2 heterocycles. The van der Waals surface area contributed by atoms with Gasteiger partial charge in [0.2, 0.25) is 0 Å². The van der Waals surface area contributed by atoms with Crippen molar-refractivity contribution in [3.05, 3.63) is 52.7 Å². The van der Waals surface area contributed by atoms with Crippen LogP contribution < -0.4 is 16.0 Å². The first-order valence-corrected chi connectivity index (χ1v) is 8.04. The molecule has 1 aromatic carbocycles. The monoisotopic (exact) mass is 322 g/mol. The fourth-order valence-electron chi connectivity index (χ4n) is 2.71. The molecule has 3 aromatic rings. The van der Waals surface area contributed by atoms with Gasteiger partial charge in [-0.05, 0) is 42.5 Å². The summed E-state index contributed by atoms with van der Waals surface area (Å²) in [5.41, 5.74) is 8.08. The van der Waals surface area contributed by atoms with Crippen LogP contribution in [0.15, 0.2) is 41.5 Å². The minimum atomic E-state index is -0.214. The van der Waals surface area contributed by atoms with E-state index in [0.29, 0.717) is 17.0 Å². The Hall–Kier alpha value is -2.73. The fraction of sp³-hybridized carbons (Fsp3) is 0.278. The molecule has 6 nitrogen and oxygen atoms in total. The summed E-state index contributed by atoms with van der Waals surface area (Å²) in [5.74, 6) is 1.46. The highest BCUT2D eigenvalue weighted by atomic mass is 16.5. The van der Waals surface area contributed by atoms with E-state index in [1.54, 1.807) is 18.5 Å². The van der Waals surface area contributed by atoms with Crippen molar-refractivity contribution in [2.45, 2.75) is 19.4 Å². The van der Waals surface area contributed by atoms with E-state index in [1.807, 2.05) is 18.2 Å². The smallest absolute Gasteiger partial charge is 0.272 e. The zero-order valence-electron chi connectivity index (χ0n) is 13.2. The van der Waals surface area contributed by atoms with E-state index in [4.69, 9.17) is 10.5 Å². The molecule has 0 spiro atoms. The summed E-state index contributed by atoms with van der Waals surface area (Å²) in [6.45, 7) is 1.01. The number of H-pyrrole nitrogens is 1. The van der Waals surface area contributed by atoms with E-state index in [0.717, 1.165) is 28.9 Å². The van der Waals surface area contributed by atoms with Gasteiger partial charge in [-0.15, -0.1) is 0 Å². The van der Waals surface area contributed by atoms with Crippen LogP contribution in [-0.4, -0.2) is 21.8 Å². The molecule has 1 fully saturated rings. The van der Waals surface area contributed by atoms with Gasteiger partial charge < -0.3 is 10.5 Å². The number of nitrogens with one attached hydrogen (secondary N) is 1. The van der Waals surface area contributed by atoms with Crippen LogP contribution in [0.25, 0.3) is 21.9 Å². The summed E-state index contributed by atoms with van der Waals surface area (Å²) in [5, 5.41) is 7.86. The molecule has 1 aliphatic carbocycles. The summed E-state index contributed by atoms with van der Waals surface area (Å²) < 4.78 is 5.79. The molecular formula is C18H18N4O2. The number of pyridine rings is 1. The predicted molar refractivity (Wildman–Crippen MR) is 91.7 cm³/mol. The lowest BCUT2D eigenvalue weighted by atomic mass is 10.0. The molecule has 0 bridgehead atoms. The highest BCUT2D eigenvalue weighted by Crippen LogP contribution is 2.30. The van der Waals surface area contributed by atoms with E-state index >= 15 is 0 Å². The van der Waals surface area contributed by atoms with Crippen LogP contribution in [-0.2, 0) is 6.54 Å². The second-order valence-electron chi connectivity index (χ2n) is 6.13. The second kappa shape index (κ2) is 6.05. The molecule has 1 aliphatic rings. The highest BCUT2D eigenvalue weighted by Gasteiger charge is 2.22. The molecule has 0 saturated heterocycles. The van der Waals surface area contributed by atoms with Crippen molar-refractivity contribution in [1.82, 2.24) is 15.2 Å². The van der Waals surface area contributed by atoms with Gasteiger partial charge in [0.15, 0.2) is 0 Å². The number of nitrogens with zero attached hydrogens (tertiary/aromatic N) is 2. The largest absolute Gasteiger partial charge is 0.492 e. The molecular weight excluding hydrogens is 304 g/mol. The first-order chi connectivity index (χ1) is 11.7. The number of hydrogen-bond acceptors (Lipinski definition) is 5. The Balaban J connectivity index is 1.73. The second-order valence-corrected chi connectivity index (χ2v) is 6.13. The third-order valence-electron chi connectivity index (χ3n) is 4.29. The van der Waals surface area contributed by atoms with Crippen LogP contribution in [0.1, 0.15) is 18.5 Å². The quantitative estimate of drug-likeness (QED) is 0.751. The van der Waals surface area contributed by atoms with Gasteiger partial charge in [-0.3, -0.25) is 9.78 Å². The van der Waals surface area contributed by atoms with Gasteiger partial charge in [-0.25, -0.2) is 5.10 Å². The number of nitrogens with two attached hydrogens (primary N) is 1. The third kappa shape index (κ3) is 2.88. The van der Waals surface area contributed by atoms with E-state index in [1.165, 1.54) is 12.8 Å². The molecule has 4 rings (SSSR count). The molecule has 1 saturated carbocycles. The molecule has 0 unspecified atom stereocenters. The number of benzene rings is 1. The highest BCUT2D eigenvalue weighted by molar-refractivity contribution is 5.88. The zero-order chi connectivity index (χ0) is 16.5. The SMILES string of the molecule is NCc1n[nH]c(=O)c2ccc(-c3cncc(OCC4CC4)c3)cc12. The minimum Gasteiger partial charge on any atom is -0.492 e. The Morgan fingerprint density at radius 3 is 2.83 bits per heavy atom. The molecule has 0 amide bonds. The molecule has 122 valence electrons. The molecule has 6 heteroatoms. The van der Waals surface area contributed by atoms with Crippen LogP contribution in [0.4, 0.5) is 0 Å². The third-order valence-corrected chi connectivity index (χ3v) is 4.29. The van der Waals surface area contributed by atoms with Crippen LogP contribution >= 0.6 is 0 Å². The zero-order valence-corrected chi connectivity index (χ0v) is 13.2. The number of ether oxygens (including phenoxy) is 1. The van der Waals surface area contributed by atoms with Crippen molar-refractivity contribution < 1.29 is 4.74 Å². The minimum absolute atomic E-state index is 0.214. The Morgan fingerprint density at radius 1 is 1.17 bits per heavy atom. The number of rotatable bonds is 5. The molecule has 3 N–H and O–H groups in total. The lowest BCUT2D eigenvalue weighted by molar-refractivity contribution is 0.299. The van der Waals surface area contributed by atoms with Crippen LogP contribution in [0.5, 0.6) is 5.75 Å². The van der Waals surface area contributed by atoms with Gasteiger partial charge >= 0.3 is 0 Å². The van der Waals surface area contributed by atoms with Crippen LogP contribution in [0, 0.1) is 5.92 Å². The Bertz CT molecular complexity index is 947. The summed E-state index contributed by atoms with van der Waals surface area (Å²) in [6, 6.07) is 7.60. The normalized spacial score (nSPS) is 14.0. The summed E-state index contributed by atoms with van der Waals surface area (Å²) >= 11 is 0. The topological polar surface area (TPSA) is 93.9 Å². The molecule has 0 radical (unpaired) electrons. The van der Waals surface area contributed by atoms with Gasteiger partial charge in [0.1, 0.15) is 5.75 Å². The van der Waals surface area contributed by atoms with Crippen LogP contribution in [0.3, 0.4) is 0 Å². The lowest BCUT2D eigenvalue weighted by Crippen LogP contribution is -2.13. The number of aromatic amines is 1. The first-order valence-electron chi connectivity index (χ1n) is 8.04. The van der Waals surface area contributed by atoms with E-state index in [9.17, 15) is 4.79 Å². The predicted octanol–water partition coefficient (Wildman–Crippen LogP) is 2.23. The number of aromatic nitrogens is 3.